The van der Waals surface area contributed by atoms with Crippen LogP contribution >= 0.6 is 11.8 Å². The van der Waals surface area contributed by atoms with Crippen molar-refractivity contribution in [2.75, 3.05) is 31.2 Å². The van der Waals surface area contributed by atoms with Gasteiger partial charge in [0.25, 0.3) is 5.91 Å². The summed E-state index contributed by atoms with van der Waals surface area (Å²) in [6, 6.07) is 16.2. The molecule has 34 heavy (non-hydrogen) atoms. The Morgan fingerprint density at radius 3 is 2.59 bits per heavy atom. The van der Waals surface area contributed by atoms with Crippen molar-refractivity contribution in [2.45, 2.75) is 40.2 Å². The number of rotatable bonds is 7. The molecule has 0 unspecified atom stereocenters. The number of hydrogen-bond donors (Lipinski definition) is 0. The zero-order valence-corrected chi connectivity index (χ0v) is 21.5. The fourth-order valence-corrected chi connectivity index (χ4v) is 5.65. The maximum atomic E-state index is 13.3. The van der Waals surface area contributed by atoms with Gasteiger partial charge in [0.2, 0.25) is 0 Å². The number of likely N-dealkylation sites (N-methyl/N-ethyl adjacent to an activating group) is 1. The minimum absolute atomic E-state index is 0.0209. The van der Waals surface area contributed by atoms with Gasteiger partial charge in [0.05, 0.1) is 29.3 Å². The van der Waals surface area contributed by atoms with Gasteiger partial charge in [0, 0.05) is 24.4 Å². The third-order valence-corrected chi connectivity index (χ3v) is 7.15. The fourth-order valence-electron chi connectivity index (χ4n) is 4.62. The summed E-state index contributed by atoms with van der Waals surface area (Å²) >= 11 is 1.42. The predicted molar refractivity (Wildman–Crippen MR) is 145 cm³/mol. The third kappa shape index (κ3) is 4.98. The molecule has 0 aromatic heterocycles. The van der Waals surface area contributed by atoms with Crippen LogP contribution in [0.2, 0.25) is 0 Å². The highest BCUT2D eigenvalue weighted by atomic mass is 32.2. The van der Waals surface area contributed by atoms with Crippen LogP contribution in [0, 0.1) is 0 Å². The Bertz CT molecular complexity index is 1150. The molecule has 2 heterocycles. The van der Waals surface area contributed by atoms with Crippen LogP contribution in [0.3, 0.4) is 0 Å². The van der Waals surface area contributed by atoms with Crippen molar-refractivity contribution in [2.24, 2.45) is 4.99 Å². The molecule has 1 saturated heterocycles. The van der Waals surface area contributed by atoms with Gasteiger partial charge >= 0.3 is 0 Å². The van der Waals surface area contributed by atoms with Crippen LogP contribution < -0.4 is 4.90 Å². The fraction of sp³-hybridized carbons (Fsp3) is 0.357. The number of hydrogen-bond acceptors (Lipinski definition) is 5. The van der Waals surface area contributed by atoms with Crippen LogP contribution in [0.5, 0.6) is 0 Å². The first-order valence-corrected chi connectivity index (χ1v) is 12.7. The molecular formula is C28H33N3O2S. The number of ether oxygens (including phenoxy) is 1. The standard InChI is InChI=1S/C28H33N3O2S/c1-6-31-24-14-13-21(17-23(24)20(3)19-28(31,4)5)18-25-26(32)30(15-16-33-7-2)27(34-25)29-22-11-9-8-10-12-22/h8-14,17-19H,6-7,15-16H2,1-5H3/b25-18+,29-27?. The predicted octanol–water partition coefficient (Wildman–Crippen LogP) is 6.35. The Balaban J connectivity index is 1.67. The van der Waals surface area contributed by atoms with E-state index in [1.807, 2.05) is 43.3 Å². The Kier molecular flexibility index (Phi) is 7.29. The van der Waals surface area contributed by atoms with Crippen LogP contribution in [0.15, 0.2) is 64.5 Å². The van der Waals surface area contributed by atoms with Gasteiger partial charge in [-0.2, -0.15) is 0 Å². The van der Waals surface area contributed by atoms with Gasteiger partial charge in [-0.1, -0.05) is 30.3 Å². The average molecular weight is 476 g/mol. The van der Waals surface area contributed by atoms with Crippen LogP contribution in [0.4, 0.5) is 11.4 Å². The molecule has 2 aliphatic heterocycles. The number of amides is 1. The van der Waals surface area contributed by atoms with E-state index in [2.05, 4.69) is 56.9 Å². The molecule has 6 heteroatoms. The summed E-state index contributed by atoms with van der Waals surface area (Å²) in [6.07, 6.45) is 4.31. The van der Waals surface area contributed by atoms with Crippen molar-refractivity contribution in [3.63, 3.8) is 0 Å². The van der Waals surface area contributed by atoms with E-state index in [4.69, 9.17) is 9.73 Å². The van der Waals surface area contributed by atoms with Gasteiger partial charge in [-0.15, -0.1) is 0 Å². The highest BCUT2D eigenvalue weighted by Crippen LogP contribution is 2.40. The number of amidine groups is 1. The molecule has 2 aromatic carbocycles. The number of fused-ring (bicyclic) bond motifs is 1. The van der Waals surface area contributed by atoms with Gasteiger partial charge < -0.3 is 9.64 Å². The first-order valence-electron chi connectivity index (χ1n) is 11.9. The largest absolute Gasteiger partial charge is 0.380 e. The molecule has 1 amide bonds. The number of carbonyl (C=O) groups is 1. The second-order valence-corrected chi connectivity index (χ2v) is 10.0. The number of anilines is 1. The minimum atomic E-state index is -0.0271. The van der Waals surface area contributed by atoms with Gasteiger partial charge in [-0.3, -0.25) is 9.69 Å². The van der Waals surface area contributed by atoms with E-state index in [9.17, 15) is 4.79 Å². The molecule has 0 N–H and O–H groups in total. The molecule has 2 aliphatic rings. The topological polar surface area (TPSA) is 45.1 Å². The molecule has 1 fully saturated rings. The highest BCUT2D eigenvalue weighted by molar-refractivity contribution is 8.18. The van der Waals surface area contributed by atoms with Crippen LogP contribution in [0.25, 0.3) is 11.6 Å². The van der Waals surface area contributed by atoms with Crippen molar-refractivity contribution < 1.29 is 9.53 Å². The molecule has 0 saturated carbocycles. The number of aliphatic imine (C=N–C) groups is 1. The van der Waals surface area contributed by atoms with Crippen LogP contribution in [-0.4, -0.2) is 47.8 Å². The highest BCUT2D eigenvalue weighted by Gasteiger charge is 2.34. The van der Waals surface area contributed by atoms with E-state index in [1.165, 1.54) is 28.6 Å². The van der Waals surface area contributed by atoms with Crippen molar-refractivity contribution >= 4 is 45.9 Å². The molecule has 5 nitrogen and oxygen atoms in total. The van der Waals surface area contributed by atoms with E-state index < -0.39 is 0 Å². The van der Waals surface area contributed by atoms with E-state index in [0.29, 0.717) is 29.8 Å². The zero-order chi connectivity index (χ0) is 24.3. The lowest BCUT2D eigenvalue weighted by Gasteiger charge is -2.42. The Labute approximate surface area is 207 Å². The number of nitrogens with zero attached hydrogens (tertiary/aromatic N) is 3. The van der Waals surface area contributed by atoms with Gasteiger partial charge in [0.15, 0.2) is 5.17 Å². The van der Waals surface area contributed by atoms with E-state index in [0.717, 1.165) is 17.8 Å². The quantitative estimate of drug-likeness (QED) is 0.346. The lowest BCUT2D eigenvalue weighted by atomic mass is 9.88. The maximum absolute atomic E-state index is 13.3. The summed E-state index contributed by atoms with van der Waals surface area (Å²) in [5.74, 6) is -0.0271. The van der Waals surface area contributed by atoms with E-state index in [1.54, 1.807) is 4.90 Å². The summed E-state index contributed by atoms with van der Waals surface area (Å²) < 4.78 is 5.52. The molecule has 0 bridgehead atoms. The summed E-state index contributed by atoms with van der Waals surface area (Å²) in [7, 11) is 0. The minimum Gasteiger partial charge on any atom is -0.380 e. The Hall–Kier alpha value is -2.83. The third-order valence-electron chi connectivity index (χ3n) is 6.15. The van der Waals surface area contributed by atoms with Crippen LogP contribution in [-0.2, 0) is 9.53 Å². The normalized spacial score (nSPS) is 19.7. The van der Waals surface area contributed by atoms with Gasteiger partial charge in [0.1, 0.15) is 0 Å². The van der Waals surface area contributed by atoms with Crippen LogP contribution in [0.1, 0.15) is 45.7 Å². The number of allylic oxidation sites excluding steroid dienone is 1. The summed E-state index contributed by atoms with van der Waals surface area (Å²) in [5, 5.41) is 0.690. The molecular weight excluding hydrogens is 442 g/mol. The smallest absolute Gasteiger partial charge is 0.266 e. The maximum Gasteiger partial charge on any atom is 0.266 e. The molecule has 4 rings (SSSR count). The number of para-hydroxylation sites is 1. The second-order valence-electron chi connectivity index (χ2n) is 9.00. The molecule has 0 atom stereocenters. The summed E-state index contributed by atoms with van der Waals surface area (Å²) in [6.45, 7) is 13.3. The monoisotopic (exact) mass is 475 g/mol. The van der Waals surface area contributed by atoms with E-state index >= 15 is 0 Å². The summed E-state index contributed by atoms with van der Waals surface area (Å²) in [5.41, 5.74) is 5.55. The lowest BCUT2D eigenvalue weighted by Crippen LogP contribution is -2.44. The molecule has 0 radical (unpaired) electrons. The van der Waals surface area contributed by atoms with Crippen molar-refractivity contribution in [1.29, 1.82) is 0 Å². The number of benzene rings is 2. The van der Waals surface area contributed by atoms with Crippen molar-refractivity contribution in [3.8, 4) is 0 Å². The van der Waals surface area contributed by atoms with Crippen molar-refractivity contribution in [3.05, 3.63) is 70.6 Å². The van der Waals surface area contributed by atoms with Crippen molar-refractivity contribution in [1.82, 2.24) is 4.90 Å². The first kappa shape index (κ1) is 24.3. The van der Waals surface area contributed by atoms with Gasteiger partial charge in [-0.25, -0.2) is 4.99 Å². The molecule has 2 aromatic rings. The zero-order valence-electron chi connectivity index (χ0n) is 20.7. The number of thioether (sulfide) groups is 1. The molecule has 0 aliphatic carbocycles. The summed E-state index contributed by atoms with van der Waals surface area (Å²) in [4.78, 5) is 22.9. The Morgan fingerprint density at radius 1 is 1.12 bits per heavy atom. The molecule has 178 valence electrons. The van der Waals surface area contributed by atoms with E-state index in [-0.39, 0.29) is 11.4 Å². The average Bonchev–Trinajstić information content (AvgIpc) is 3.09. The second kappa shape index (κ2) is 10.2. The first-order chi connectivity index (χ1) is 16.3. The Morgan fingerprint density at radius 2 is 1.88 bits per heavy atom. The molecule has 0 spiro atoms. The SMILES string of the molecule is CCOCCN1C(=O)/C(=C\c2ccc3c(c2)C(C)=CC(C)(C)N3CC)SC1=Nc1ccccc1. The number of carbonyl (C=O) groups excluding carboxylic acids is 1. The van der Waals surface area contributed by atoms with Gasteiger partial charge in [-0.05, 0) is 87.9 Å². The lowest BCUT2D eigenvalue weighted by molar-refractivity contribution is -0.122.